The molecule has 2 rings (SSSR count). The SMILES string of the molecule is NC(=O)C[C@H]1CCCN1Cc1ccccc1Br. The van der Waals surface area contributed by atoms with Gasteiger partial charge in [-0.1, -0.05) is 34.1 Å². The van der Waals surface area contributed by atoms with Crippen molar-refractivity contribution in [1.82, 2.24) is 4.90 Å². The minimum absolute atomic E-state index is 0.200. The molecular weight excluding hydrogens is 280 g/mol. The maximum atomic E-state index is 11.0. The Kier molecular flexibility index (Phi) is 4.18. The quantitative estimate of drug-likeness (QED) is 0.927. The van der Waals surface area contributed by atoms with E-state index in [1.165, 1.54) is 5.56 Å². The Balaban J connectivity index is 2.03. The molecule has 1 saturated heterocycles. The number of nitrogens with two attached hydrogens (primary N) is 1. The molecule has 1 amide bonds. The summed E-state index contributed by atoms with van der Waals surface area (Å²) in [5.74, 6) is -0.200. The molecule has 1 aliphatic rings. The van der Waals surface area contributed by atoms with Gasteiger partial charge in [0.25, 0.3) is 0 Å². The van der Waals surface area contributed by atoms with E-state index >= 15 is 0 Å². The lowest BCUT2D eigenvalue weighted by molar-refractivity contribution is -0.119. The van der Waals surface area contributed by atoms with Gasteiger partial charge in [0.15, 0.2) is 0 Å². The molecule has 0 bridgehead atoms. The summed E-state index contributed by atoms with van der Waals surface area (Å²) in [6.07, 6.45) is 2.71. The third-order valence-electron chi connectivity index (χ3n) is 3.27. The number of nitrogens with zero attached hydrogens (tertiary/aromatic N) is 1. The van der Waals surface area contributed by atoms with Crippen molar-refractivity contribution < 1.29 is 4.79 Å². The van der Waals surface area contributed by atoms with Crippen molar-refractivity contribution in [3.63, 3.8) is 0 Å². The molecule has 1 fully saturated rings. The number of likely N-dealkylation sites (tertiary alicyclic amines) is 1. The molecule has 0 saturated carbocycles. The van der Waals surface area contributed by atoms with Gasteiger partial charge in [-0.05, 0) is 31.0 Å². The first-order valence-electron chi connectivity index (χ1n) is 5.92. The fourth-order valence-electron chi connectivity index (χ4n) is 2.41. The van der Waals surface area contributed by atoms with Gasteiger partial charge in [0.2, 0.25) is 5.91 Å². The Morgan fingerprint density at radius 1 is 1.47 bits per heavy atom. The highest BCUT2D eigenvalue weighted by Crippen LogP contribution is 2.25. The van der Waals surface area contributed by atoms with Crippen molar-refractivity contribution in [2.45, 2.75) is 31.8 Å². The molecule has 1 aromatic rings. The molecule has 92 valence electrons. The molecular formula is C13H17BrN2O. The number of amides is 1. The van der Waals surface area contributed by atoms with Crippen molar-refractivity contribution in [3.05, 3.63) is 34.3 Å². The maximum absolute atomic E-state index is 11.0. The third kappa shape index (κ3) is 3.30. The van der Waals surface area contributed by atoms with E-state index in [9.17, 15) is 4.79 Å². The van der Waals surface area contributed by atoms with Crippen LogP contribution in [0.1, 0.15) is 24.8 Å². The van der Waals surface area contributed by atoms with E-state index in [1.807, 2.05) is 12.1 Å². The highest BCUT2D eigenvalue weighted by atomic mass is 79.9. The predicted molar refractivity (Wildman–Crippen MR) is 71.4 cm³/mol. The van der Waals surface area contributed by atoms with Gasteiger partial charge in [-0.15, -0.1) is 0 Å². The van der Waals surface area contributed by atoms with Gasteiger partial charge >= 0.3 is 0 Å². The van der Waals surface area contributed by atoms with Crippen LogP contribution in [0.15, 0.2) is 28.7 Å². The Hall–Kier alpha value is -0.870. The van der Waals surface area contributed by atoms with E-state index < -0.39 is 0 Å². The molecule has 1 aromatic carbocycles. The Labute approximate surface area is 110 Å². The highest BCUT2D eigenvalue weighted by molar-refractivity contribution is 9.10. The second-order valence-electron chi connectivity index (χ2n) is 4.53. The summed E-state index contributed by atoms with van der Waals surface area (Å²) in [5.41, 5.74) is 6.55. The number of rotatable bonds is 4. The smallest absolute Gasteiger partial charge is 0.218 e. The van der Waals surface area contributed by atoms with Gasteiger partial charge in [-0.25, -0.2) is 0 Å². The van der Waals surface area contributed by atoms with E-state index in [0.29, 0.717) is 12.5 Å². The monoisotopic (exact) mass is 296 g/mol. The number of benzene rings is 1. The lowest BCUT2D eigenvalue weighted by Crippen LogP contribution is -2.32. The molecule has 1 heterocycles. The molecule has 0 aromatic heterocycles. The number of hydrogen-bond acceptors (Lipinski definition) is 2. The average Bonchev–Trinajstić information content (AvgIpc) is 2.68. The van der Waals surface area contributed by atoms with E-state index in [1.54, 1.807) is 0 Å². The number of hydrogen-bond donors (Lipinski definition) is 1. The molecule has 0 radical (unpaired) electrons. The highest BCUT2D eigenvalue weighted by Gasteiger charge is 2.26. The van der Waals surface area contributed by atoms with Gasteiger partial charge < -0.3 is 5.73 Å². The fourth-order valence-corrected chi connectivity index (χ4v) is 2.82. The lowest BCUT2D eigenvalue weighted by atomic mass is 10.1. The number of primary amides is 1. The summed E-state index contributed by atoms with van der Waals surface area (Å²) in [6.45, 7) is 1.94. The van der Waals surface area contributed by atoms with Crippen LogP contribution < -0.4 is 5.73 Å². The van der Waals surface area contributed by atoms with Crippen LogP contribution in [-0.2, 0) is 11.3 Å². The van der Waals surface area contributed by atoms with E-state index in [4.69, 9.17) is 5.73 Å². The molecule has 2 N–H and O–H groups in total. The Morgan fingerprint density at radius 3 is 2.94 bits per heavy atom. The summed E-state index contributed by atoms with van der Waals surface area (Å²) >= 11 is 3.56. The molecule has 1 aliphatic heterocycles. The number of halogens is 1. The van der Waals surface area contributed by atoms with E-state index in [2.05, 4.69) is 33.0 Å². The van der Waals surface area contributed by atoms with Crippen molar-refractivity contribution in [2.24, 2.45) is 5.73 Å². The van der Waals surface area contributed by atoms with Gasteiger partial charge in [0.1, 0.15) is 0 Å². The minimum Gasteiger partial charge on any atom is -0.370 e. The van der Waals surface area contributed by atoms with Crippen LogP contribution in [0.4, 0.5) is 0 Å². The number of carbonyl (C=O) groups excluding carboxylic acids is 1. The first kappa shape index (κ1) is 12.6. The first-order chi connectivity index (χ1) is 8.16. The van der Waals surface area contributed by atoms with Crippen molar-refractivity contribution >= 4 is 21.8 Å². The van der Waals surface area contributed by atoms with Crippen LogP contribution >= 0.6 is 15.9 Å². The van der Waals surface area contributed by atoms with Gasteiger partial charge in [-0.2, -0.15) is 0 Å². The lowest BCUT2D eigenvalue weighted by Gasteiger charge is -2.23. The first-order valence-corrected chi connectivity index (χ1v) is 6.72. The summed E-state index contributed by atoms with van der Waals surface area (Å²) in [4.78, 5) is 13.4. The van der Waals surface area contributed by atoms with Crippen LogP contribution in [0.2, 0.25) is 0 Å². The van der Waals surface area contributed by atoms with Gasteiger partial charge in [0.05, 0.1) is 0 Å². The molecule has 0 aliphatic carbocycles. The standard InChI is InChI=1S/C13H17BrN2O/c14-12-6-2-1-4-10(12)9-16-7-3-5-11(16)8-13(15)17/h1-2,4,6,11H,3,5,7-9H2,(H2,15,17)/t11-/m1/s1. The van der Waals surface area contributed by atoms with E-state index in [-0.39, 0.29) is 5.91 Å². The van der Waals surface area contributed by atoms with Crippen LogP contribution in [0.3, 0.4) is 0 Å². The van der Waals surface area contributed by atoms with Crippen LogP contribution in [0, 0.1) is 0 Å². The van der Waals surface area contributed by atoms with Gasteiger partial charge in [0, 0.05) is 23.5 Å². The van der Waals surface area contributed by atoms with Crippen LogP contribution in [-0.4, -0.2) is 23.4 Å². The van der Waals surface area contributed by atoms with E-state index in [0.717, 1.165) is 30.4 Å². The Morgan fingerprint density at radius 2 is 2.24 bits per heavy atom. The predicted octanol–water partition coefficient (Wildman–Crippen LogP) is 2.29. The molecule has 1 atom stereocenters. The number of carbonyl (C=O) groups is 1. The molecule has 0 unspecified atom stereocenters. The zero-order valence-electron chi connectivity index (χ0n) is 9.73. The topological polar surface area (TPSA) is 46.3 Å². The zero-order chi connectivity index (χ0) is 12.3. The normalized spacial score (nSPS) is 20.6. The van der Waals surface area contributed by atoms with Crippen molar-refractivity contribution in [1.29, 1.82) is 0 Å². The minimum atomic E-state index is -0.200. The van der Waals surface area contributed by atoms with Crippen LogP contribution in [0.5, 0.6) is 0 Å². The Bertz CT molecular complexity index is 408. The molecule has 3 nitrogen and oxygen atoms in total. The summed E-state index contributed by atoms with van der Waals surface area (Å²) in [6, 6.07) is 8.54. The second-order valence-corrected chi connectivity index (χ2v) is 5.38. The third-order valence-corrected chi connectivity index (χ3v) is 4.04. The fraction of sp³-hybridized carbons (Fsp3) is 0.462. The van der Waals surface area contributed by atoms with Crippen molar-refractivity contribution in [2.75, 3.05) is 6.54 Å². The summed E-state index contributed by atoms with van der Waals surface area (Å²) in [7, 11) is 0. The zero-order valence-corrected chi connectivity index (χ0v) is 11.3. The molecule has 4 heteroatoms. The molecule has 0 spiro atoms. The summed E-state index contributed by atoms with van der Waals surface area (Å²) in [5, 5.41) is 0. The van der Waals surface area contributed by atoms with Crippen molar-refractivity contribution in [3.8, 4) is 0 Å². The second kappa shape index (κ2) is 5.65. The van der Waals surface area contributed by atoms with Crippen LogP contribution in [0.25, 0.3) is 0 Å². The largest absolute Gasteiger partial charge is 0.370 e. The molecule has 17 heavy (non-hydrogen) atoms. The summed E-state index contributed by atoms with van der Waals surface area (Å²) < 4.78 is 1.13. The average molecular weight is 297 g/mol. The maximum Gasteiger partial charge on any atom is 0.218 e. The van der Waals surface area contributed by atoms with Gasteiger partial charge in [-0.3, -0.25) is 9.69 Å².